The molecule has 202 valence electrons. The van der Waals surface area contributed by atoms with E-state index in [1.807, 2.05) is 19.9 Å². The van der Waals surface area contributed by atoms with Gasteiger partial charge in [0.15, 0.2) is 0 Å². The van der Waals surface area contributed by atoms with Crippen LogP contribution in [0.5, 0.6) is 5.75 Å². The molecule has 0 radical (unpaired) electrons. The van der Waals surface area contributed by atoms with Crippen LogP contribution in [0.15, 0.2) is 88.9 Å². The molecule has 0 fully saturated rings. The summed E-state index contributed by atoms with van der Waals surface area (Å²) in [4.78, 5) is 13.0. The Morgan fingerprint density at radius 3 is 2.21 bits per heavy atom. The summed E-state index contributed by atoms with van der Waals surface area (Å²) in [5, 5.41) is 4.14. The number of sulfonamides is 1. The number of hydrazone groups is 1. The fourth-order valence-corrected chi connectivity index (χ4v) is 5.96. The summed E-state index contributed by atoms with van der Waals surface area (Å²) in [6.07, 6.45) is 1.57. The van der Waals surface area contributed by atoms with Gasteiger partial charge in [0.1, 0.15) is 12.3 Å². The molecule has 0 aliphatic rings. The Morgan fingerprint density at radius 2 is 1.59 bits per heavy atom. The zero-order valence-electron chi connectivity index (χ0n) is 22.7. The van der Waals surface area contributed by atoms with Crippen LogP contribution < -0.4 is 14.5 Å². The Hall–Kier alpha value is -4.37. The van der Waals surface area contributed by atoms with Crippen molar-refractivity contribution in [3.63, 3.8) is 0 Å². The molecule has 0 spiro atoms. The van der Waals surface area contributed by atoms with E-state index in [1.54, 1.807) is 48.7 Å². The monoisotopic (exact) mass is 544 g/mol. The minimum Gasteiger partial charge on any atom is -0.497 e. The summed E-state index contributed by atoms with van der Waals surface area (Å²) in [5.41, 5.74) is 9.07. The molecule has 4 aromatic rings. The van der Waals surface area contributed by atoms with E-state index in [0.717, 1.165) is 26.9 Å². The van der Waals surface area contributed by atoms with Gasteiger partial charge in [-0.25, -0.2) is 13.8 Å². The average Bonchev–Trinajstić information content (AvgIpc) is 3.19. The number of hydrogen-bond acceptors (Lipinski definition) is 5. The highest BCUT2D eigenvalue weighted by Gasteiger charge is 2.27. The van der Waals surface area contributed by atoms with Crippen molar-refractivity contribution in [1.29, 1.82) is 0 Å². The molecule has 39 heavy (non-hydrogen) atoms. The molecular formula is C30H32N4O4S. The SMILES string of the molecule is COc1ccc(N(CC(=O)N/N=C\c2cc(C)n(-c3cc(C)cc(C)c3)c2C)S(=O)(=O)c2ccccc2)cc1. The van der Waals surface area contributed by atoms with Gasteiger partial charge in [-0.2, -0.15) is 5.10 Å². The van der Waals surface area contributed by atoms with Crippen molar-refractivity contribution in [3.8, 4) is 11.4 Å². The number of carbonyl (C=O) groups is 1. The number of aromatic nitrogens is 1. The normalized spacial score (nSPS) is 11.5. The molecule has 0 saturated heterocycles. The summed E-state index contributed by atoms with van der Waals surface area (Å²) >= 11 is 0. The lowest BCUT2D eigenvalue weighted by Crippen LogP contribution is -2.39. The number of carbonyl (C=O) groups excluding carboxylic acids is 1. The summed E-state index contributed by atoms with van der Waals surface area (Å²) in [6, 6.07) is 22.8. The first-order valence-electron chi connectivity index (χ1n) is 12.4. The summed E-state index contributed by atoms with van der Waals surface area (Å²) in [7, 11) is -2.49. The summed E-state index contributed by atoms with van der Waals surface area (Å²) < 4.78 is 35.3. The van der Waals surface area contributed by atoms with E-state index >= 15 is 0 Å². The number of hydrogen-bond donors (Lipinski definition) is 1. The Bertz CT molecular complexity index is 1590. The highest BCUT2D eigenvalue weighted by Crippen LogP contribution is 2.26. The van der Waals surface area contributed by atoms with Crippen LogP contribution in [-0.4, -0.2) is 38.8 Å². The minimum atomic E-state index is -4.02. The van der Waals surface area contributed by atoms with Crippen molar-refractivity contribution < 1.29 is 17.9 Å². The van der Waals surface area contributed by atoms with E-state index in [4.69, 9.17) is 4.74 Å². The molecule has 9 heteroatoms. The van der Waals surface area contributed by atoms with Gasteiger partial charge in [0, 0.05) is 22.6 Å². The van der Waals surface area contributed by atoms with Gasteiger partial charge in [-0.05, 0) is 93.4 Å². The van der Waals surface area contributed by atoms with Crippen molar-refractivity contribution >= 4 is 27.8 Å². The van der Waals surface area contributed by atoms with Crippen LogP contribution in [0.25, 0.3) is 5.69 Å². The fourth-order valence-electron chi connectivity index (χ4n) is 4.52. The highest BCUT2D eigenvalue weighted by atomic mass is 32.2. The lowest BCUT2D eigenvalue weighted by atomic mass is 10.1. The fraction of sp³-hybridized carbons (Fsp3) is 0.200. The first-order valence-corrected chi connectivity index (χ1v) is 13.9. The molecule has 8 nitrogen and oxygen atoms in total. The summed E-state index contributed by atoms with van der Waals surface area (Å²) in [6.45, 7) is 7.68. The van der Waals surface area contributed by atoms with E-state index < -0.39 is 22.5 Å². The Kier molecular flexibility index (Phi) is 8.21. The molecule has 0 bridgehead atoms. The van der Waals surface area contributed by atoms with Crippen LogP contribution in [0.3, 0.4) is 0 Å². The van der Waals surface area contributed by atoms with Crippen molar-refractivity contribution in [1.82, 2.24) is 9.99 Å². The van der Waals surface area contributed by atoms with Gasteiger partial charge in [-0.15, -0.1) is 0 Å². The van der Waals surface area contributed by atoms with Crippen LogP contribution in [0.2, 0.25) is 0 Å². The predicted octanol–water partition coefficient (Wildman–Crippen LogP) is 5.07. The number of aryl methyl sites for hydroxylation is 3. The molecular weight excluding hydrogens is 512 g/mol. The topological polar surface area (TPSA) is 93.0 Å². The number of nitrogens with zero attached hydrogens (tertiary/aromatic N) is 3. The number of ether oxygens (including phenoxy) is 1. The van der Waals surface area contributed by atoms with Gasteiger partial charge in [-0.1, -0.05) is 24.3 Å². The smallest absolute Gasteiger partial charge is 0.264 e. The zero-order valence-corrected chi connectivity index (χ0v) is 23.5. The molecule has 0 unspecified atom stereocenters. The highest BCUT2D eigenvalue weighted by molar-refractivity contribution is 7.92. The minimum absolute atomic E-state index is 0.0796. The van der Waals surface area contributed by atoms with Crippen LogP contribution in [0.4, 0.5) is 5.69 Å². The first kappa shape index (κ1) is 27.7. The van der Waals surface area contributed by atoms with E-state index in [2.05, 4.69) is 47.1 Å². The van der Waals surface area contributed by atoms with E-state index in [-0.39, 0.29) is 4.90 Å². The number of rotatable bonds is 9. The quantitative estimate of drug-likeness (QED) is 0.235. The second-order valence-electron chi connectivity index (χ2n) is 9.32. The van der Waals surface area contributed by atoms with Crippen molar-refractivity contribution in [2.45, 2.75) is 32.6 Å². The van der Waals surface area contributed by atoms with Crippen molar-refractivity contribution in [2.24, 2.45) is 5.10 Å². The Balaban J connectivity index is 1.55. The third kappa shape index (κ3) is 6.21. The number of methoxy groups -OCH3 is 1. The molecule has 0 aliphatic carbocycles. The third-order valence-corrected chi connectivity index (χ3v) is 8.09. The molecule has 1 amide bonds. The number of amides is 1. The molecule has 1 aromatic heterocycles. The largest absolute Gasteiger partial charge is 0.497 e. The molecule has 0 saturated carbocycles. The molecule has 3 aromatic carbocycles. The summed E-state index contributed by atoms with van der Waals surface area (Å²) in [5.74, 6) is -0.00650. The third-order valence-electron chi connectivity index (χ3n) is 6.31. The van der Waals surface area contributed by atoms with Gasteiger partial charge >= 0.3 is 0 Å². The van der Waals surface area contributed by atoms with Crippen LogP contribution in [0, 0.1) is 27.7 Å². The van der Waals surface area contributed by atoms with Gasteiger partial charge in [0.25, 0.3) is 15.9 Å². The first-order chi connectivity index (χ1) is 18.6. The van der Waals surface area contributed by atoms with Crippen LogP contribution in [0.1, 0.15) is 28.1 Å². The lowest BCUT2D eigenvalue weighted by Gasteiger charge is -2.23. The zero-order chi connectivity index (χ0) is 28.2. The number of nitrogens with one attached hydrogen (secondary N) is 1. The number of anilines is 1. The van der Waals surface area contributed by atoms with Gasteiger partial charge in [-0.3, -0.25) is 9.10 Å². The molecule has 4 rings (SSSR count). The maximum Gasteiger partial charge on any atom is 0.264 e. The van der Waals surface area contributed by atoms with E-state index in [1.165, 1.54) is 30.4 Å². The molecule has 1 N–H and O–H groups in total. The molecule has 1 heterocycles. The van der Waals surface area contributed by atoms with Gasteiger partial charge in [0.2, 0.25) is 0 Å². The average molecular weight is 545 g/mol. The van der Waals surface area contributed by atoms with E-state index in [0.29, 0.717) is 11.4 Å². The number of benzene rings is 3. The van der Waals surface area contributed by atoms with Gasteiger partial charge in [0.05, 0.1) is 23.9 Å². The van der Waals surface area contributed by atoms with Crippen molar-refractivity contribution in [2.75, 3.05) is 18.0 Å². The lowest BCUT2D eigenvalue weighted by molar-refractivity contribution is -0.119. The maximum absolute atomic E-state index is 13.5. The van der Waals surface area contributed by atoms with Gasteiger partial charge < -0.3 is 9.30 Å². The van der Waals surface area contributed by atoms with Crippen molar-refractivity contribution in [3.05, 3.63) is 107 Å². The van der Waals surface area contributed by atoms with Crippen LogP contribution >= 0.6 is 0 Å². The van der Waals surface area contributed by atoms with Crippen LogP contribution in [-0.2, 0) is 14.8 Å². The second-order valence-corrected chi connectivity index (χ2v) is 11.2. The Labute approximate surface area is 229 Å². The molecule has 0 aliphatic heterocycles. The second kappa shape index (κ2) is 11.6. The molecule has 0 atom stereocenters. The predicted molar refractivity (Wildman–Crippen MR) is 154 cm³/mol. The maximum atomic E-state index is 13.5. The van der Waals surface area contributed by atoms with E-state index in [9.17, 15) is 13.2 Å². The standard InChI is InChI=1S/C30H32N4O4S/c1-21-15-22(2)17-27(16-21)34-23(3)18-25(24(34)4)19-31-32-30(35)20-33(26-11-13-28(38-5)14-12-26)39(36,37)29-9-7-6-8-10-29/h6-19H,20H2,1-5H3,(H,32,35)/b31-19-. The Morgan fingerprint density at radius 1 is 0.949 bits per heavy atom.